The molecule has 0 aliphatic carbocycles. The first kappa shape index (κ1) is 56.5. The summed E-state index contributed by atoms with van der Waals surface area (Å²) in [6.45, 7) is 10.7. The maximum Gasteiger partial charge on any atom is 0.333 e. The van der Waals surface area contributed by atoms with E-state index in [2.05, 4.69) is 87.0 Å². The van der Waals surface area contributed by atoms with E-state index < -0.39 is 60.5 Å². The van der Waals surface area contributed by atoms with Gasteiger partial charge in [-0.3, -0.25) is 29.0 Å². The number of carbonyl (C=O) groups excluding carboxylic acids is 5. The number of morpholine rings is 1. The minimum Gasteiger partial charge on any atom is -0.505 e. The number of nitrogens with one attached hydrogen (secondary N) is 3. The zero-order valence-corrected chi connectivity index (χ0v) is 41.7. The molecule has 5 N–H and O–H groups in total. The van der Waals surface area contributed by atoms with Gasteiger partial charge < -0.3 is 50.3 Å². The Morgan fingerprint density at radius 3 is 2.29 bits per heavy atom. The molecule has 4 heterocycles. The number of carbonyl (C=O) groups is 5. The number of halogens is 1. The van der Waals surface area contributed by atoms with Gasteiger partial charge >= 0.3 is 5.97 Å². The number of thiocarbonyl (C=S) groups is 1. The fourth-order valence-corrected chi connectivity index (χ4v) is 8.00. The Labute approximate surface area is 416 Å². The number of likely N-dealkylation sites (tertiary alicyclic amines) is 1. The number of alkyl halides is 1. The zero-order valence-electron chi connectivity index (χ0n) is 40.9. The largest absolute Gasteiger partial charge is 0.505 e. The quantitative estimate of drug-likeness (QED) is 0.0292. The van der Waals surface area contributed by atoms with Crippen LogP contribution in [0.3, 0.4) is 0 Å². The average Bonchev–Trinajstić information content (AvgIpc) is 3.82. The van der Waals surface area contributed by atoms with Gasteiger partial charge in [-0.1, -0.05) is 74.6 Å². The number of likely N-dealkylation sites (N-methyl/N-ethyl adjacent to an activating group) is 1. The van der Waals surface area contributed by atoms with E-state index >= 15 is 0 Å². The molecular weight excluding hydrogens is 922 g/mol. The van der Waals surface area contributed by atoms with E-state index in [0.717, 1.165) is 68.7 Å². The average molecular weight is 992 g/mol. The van der Waals surface area contributed by atoms with E-state index in [1.54, 1.807) is 37.3 Å². The van der Waals surface area contributed by atoms with Gasteiger partial charge in [0.15, 0.2) is 18.0 Å². The number of hydrogen-bond acceptors (Lipinski definition) is 14. The van der Waals surface area contributed by atoms with E-state index in [-0.39, 0.29) is 31.8 Å². The molecule has 0 radical (unpaired) electrons. The third kappa shape index (κ3) is 18.0. The van der Waals surface area contributed by atoms with Gasteiger partial charge in [-0.25, -0.2) is 14.2 Å². The van der Waals surface area contributed by atoms with Gasteiger partial charge in [0.25, 0.3) is 5.91 Å². The number of aliphatic hydroxyl groups is 1. The van der Waals surface area contributed by atoms with Gasteiger partial charge in [0.2, 0.25) is 18.2 Å². The summed E-state index contributed by atoms with van der Waals surface area (Å²) in [7, 11) is 5.99. The number of esters is 1. The fraction of sp³-hybridized carbons (Fsp3) is 0.500. The molecule has 4 atom stereocenters. The normalized spacial score (nSPS) is 17.0. The monoisotopic (exact) mass is 992 g/mol. The van der Waals surface area contributed by atoms with Crippen molar-refractivity contribution >= 4 is 53.0 Å². The Balaban J connectivity index is 0.000000282. The molecule has 3 aliphatic heterocycles. The number of aryl methyl sites for hydroxylation is 1. The molecule has 2 aromatic carbocycles. The van der Waals surface area contributed by atoms with Crippen molar-refractivity contribution in [2.45, 2.75) is 70.4 Å². The molecule has 6 rings (SSSR count). The molecule has 18 nitrogen and oxygen atoms in total. The van der Waals surface area contributed by atoms with Crippen LogP contribution in [0, 0.1) is 0 Å². The molecule has 4 amide bonds. The molecule has 2 saturated heterocycles. The number of ether oxygens (including phenoxy) is 2. The van der Waals surface area contributed by atoms with Crippen LogP contribution in [0.25, 0.3) is 0 Å². The fourth-order valence-electron chi connectivity index (χ4n) is 7.63. The molecule has 0 saturated carbocycles. The van der Waals surface area contributed by atoms with Crippen molar-refractivity contribution in [3.05, 3.63) is 101 Å². The highest BCUT2D eigenvalue weighted by Gasteiger charge is 2.35. The van der Waals surface area contributed by atoms with E-state index in [0.29, 0.717) is 24.9 Å². The van der Waals surface area contributed by atoms with Gasteiger partial charge in [-0.05, 0) is 80.1 Å². The van der Waals surface area contributed by atoms with Crippen LogP contribution < -0.4 is 20.9 Å². The number of nitrogens with zero attached hydrogens (tertiary/aromatic N) is 6. The molecule has 1 aromatic heterocycles. The molecule has 3 aromatic rings. The van der Waals surface area contributed by atoms with E-state index in [4.69, 9.17) is 26.8 Å². The van der Waals surface area contributed by atoms with Crippen molar-refractivity contribution in [2.75, 3.05) is 98.4 Å². The predicted octanol–water partition coefficient (Wildman–Crippen LogP) is 3.20. The SMILES string of the molecule is CCC(NC(=O)C(COC(=O)[C@@H](NC=O)c1ccccc1)NC(=O)c1ncccc1O)C(=O)N1CCC[C@H]1F.CCc1ccc(N(C)C)cc1.CN(CO)CC(=S)N1CCC=C(CN2CCOCC2)C1. The van der Waals surface area contributed by atoms with Crippen LogP contribution in [0.2, 0.25) is 0 Å². The number of aliphatic hydroxyl groups excluding tert-OH is 1. The number of rotatable bonds is 19. The van der Waals surface area contributed by atoms with Crippen molar-refractivity contribution < 1.29 is 48.0 Å². The van der Waals surface area contributed by atoms with Crippen LogP contribution >= 0.6 is 12.2 Å². The van der Waals surface area contributed by atoms with Gasteiger partial charge in [0.1, 0.15) is 24.4 Å². The first-order valence-electron chi connectivity index (χ1n) is 23.6. The number of benzene rings is 2. The third-order valence-electron chi connectivity index (χ3n) is 11.7. The maximum absolute atomic E-state index is 14.1. The summed E-state index contributed by atoms with van der Waals surface area (Å²) < 4.78 is 24.8. The molecule has 20 heteroatoms. The minimum absolute atomic E-state index is 0.0461. The summed E-state index contributed by atoms with van der Waals surface area (Å²) in [6, 6.07) is 15.7. The lowest BCUT2D eigenvalue weighted by Gasteiger charge is -2.34. The molecule has 0 bridgehead atoms. The topological polar surface area (TPSA) is 209 Å². The van der Waals surface area contributed by atoms with Crippen molar-refractivity contribution in [1.82, 2.24) is 40.5 Å². The number of anilines is 1. The van der Waals surface area contributed by atoms with Gasteiger partial charge in [0.05, 0.1) is 31.5 Å². The third-order valence-corrected chi connectivity index (χ3v) is 12.1. The standard InChI is InChI=1S/C26H30FN5O7.C14H25N3O2S.C10H15N/c1-2-17(25(37)32-13-7-11-20(32)27)30-23(35)18(31-24(36)22-19(34)10-6-12-28-22)14-39-26(38)21(29-15-33)16-8-4-3-5-9-16;1-15(12-18)11-14(20)17-4-2-3-13(10-17)9-16-5-7-19-8-6-16;1-4-9-5-7-10(8-6-9)11(2)3/h3-6,8-10,12,15,17-18,20-21,34H,2,7,11,13-14H2,1H3,(H,29,33)(H,30,35)(H,31,36);3,18H,2,4-12H2,1H3;5-8H,4H2,1-3H3/t17?,18?,20-,21-;;/m0../s1. The Bertz CT molecular complexity index is 2170. The first-order valence-corrected chi connectivity index (χ1v) is 24.0. The summed E-state index contributed by atoms with van der Waals surface area (Å²) in [5.41, 5.74) is 4.15. The Hall–Kier alpha value is -6.06. The van der Waals surface area contributed by atoms with Crippen LogP contribution in [-0.2, 0) is 35.1 Å². The van der Waals surface area contributed by atoms with E-state index in [9.17, 15) is 33.5 Å². The summed E-state index contributed by atoms with van der Waals surface area (Å²) in [5, 5.41) is 26.2. The lowest BCUT2D eigenvalue weighted by atomic mass is 10.1. The molecule has 2 unspecified atom stereocenters. The summed E-state index contributed by atoms with van der Waals surface area (Å²) in [6.07, 6.45) is 5.49. The minimum atomic E-state index is -1.53. The van der Waals surface area contributed by atoms with Crippen molar-refractivity contribution in [1.29, 1.82) is 0 Å². The number of pyridine rings is 1. The van der Waals surface area contributed by atoms with Crippen LogP contribution in [0.1, 0.15) is 67.2 Å². The number of amides is 4. The maximum atomic E-state index is 14.1. The Kier molecular flexibility index (Phi) is 24.1. The van der Waals surface area contributed by atoms with E-state index in [1.807, 2.05) is 11.9 Å². The van der Waals surface area contributed by atoms with Crippen LogP contribution in [-0.4, -0.2) is 182 Å². The molecule has 382 valence electrons. The molecule has 2 fully saturated rings. The van der Waals surface area contributed by atoms with Gasteiger partial charge in [0, 0.05) is 65.2 Å². The van der Waals surface area contributed by atoms with Crippen molar-refractivity contribution in [2.24, 2.45) is 0 Å². The molecule has 70 heavy (non-hydrogen) atoms. The second-order valence-corrected chi connectivity index (χ2v) is 17.6. The Morgan fingerprint density at radius 2 is 1.69 bits per heavy atom. The van der Waals surface area contributed by atoms with Crippen LogP contribution in [0.15, 0.2) is 84.6 Å². The summed E-state index contributed by atoms with van der Waals surface area (Å²) in [5.74, 6) is -3.81. The lowest BCUT2D eigenvalue weighted by molar-refractivity contribution is -0.149. The van der Waals surface area contributed by atoms with E-state index in [1.165, 1.54) is 35.2 Å². The highest BCUT2D eigenvalue weighted by molar-refractivity contribution is 7.80. The smallest absolute Gasteiger partial charge is 0.333 e. The van der Waals surface area contributed by atoms with Gasteiger partial charge in [-0.2, -0.15) is 0 Å². The number of aromatic nitrogens is 1. The molecule has 0 spiro atoms. The second-order valence-electron chi connectivity index (χ2n) is 17.2. The highest BCUT2D eigenvalue weighted by atomic mass is 32.1. The van der Waals surface area contributed by atoms with Crippen molar-refractivity contribution in [3.63, 3.8) is 0 Å². The predicted molar refractivity (Wildman–Crippen MR) is 269 cm³/mol. The molecule has 3 aliphatic rings. The second kappa shape index (κ2) is 29.9. The molecular formula is C50H70FN9O9S. The Morgan fingerprint density at radius 1 is 0.971 bits per heavy atom. The zero-order chi connectivity index (χ0) is 51.0. The lowest BCUT2D eigenvalue weighted by Crippen LogP contribution is -2.56. The van der Waals surface area contributed by atoms with Crippen molar-refractivity contribution in [3.8, 4) is 5.75 Å². The first-order chi connectivity index (χ1) is 33.7. The summed E-state index contributed by atoms with van der Waals surface area (Å²) in [4.78, 5) is 77.1. The van der Waals surface area contributed by atoms with Crippen LogP contribution in [0.4, 0.5) is 10.1 Å². The van der Waals surface area contributed by atoms with Crippen LogP contribution in [0.5, 0.6) is 5.75 Å². The highest BCUT2D eigenvalue weighted by Crippen LogP contribution is 2.21. The number of hydrogen-bond donors (Lipinski definition) is 5. The van der Waals surface area contributed by atoms with Gasteiger partial charge in [-0.15, -0.1) is 0 Å². The number of aromatic hydroxyl groups is 1. The summed E-state index contributed by atoms with van der Waals surface area (Å²) >= 11 is 5.49.